The van der Waals surface area contributed by atoms with Crippen molar-refractivity contribution in [3.8, 4) is 0 Å². The SMILES string of the molecule is COCc1cc2c(cc1C(F)(F)F)CCNCC2. The molecule has 1 heterocycles. The third kappa shape index (κ3) is 2.84. The Morgan fingerprint density at radius 1 is 1.17 bits per heavy atom. The Labute approximate surface area is 104 Å². The fourth-order valence-electron chi connectivity index (χ4n) is 2.32. The number of rotatable bonds is 2. The van der Waals surface area contributed by atoms with E-state index in [1.165, 1.54) is 13.2 Å². The molecule has 1 aromatic rings. The fraction of sp³-hybridized carbons (Fsp3) is 0.538. The molecule has 0 spiro atoms. The minimum Gasteiger partial charge on any atom is -0.380 e. The minimum absolute atomic E-state index is 0.00441. The van der Waals surface area contributed by atoms with Gasteiger partial charge in [0.05, 0.1) is 12.2 Å². The summed E-state index contributed by atoms with van der Waals surface area (Å²) in [5.41, 5.74) is 1.46. The molecule has 0 amide bonds. The summed E-state index contributed by atoms with van der Waals surface area (Å²) in [4.78, 5) is 0. The van der Waals surface area contributed by atoms with Crippen LogP contribution in [0.15, 0.2) is 12.1 Å². The predicted octanol–water partition coefficient (Wildman–Crippen LogP) is 2.54. The predicted molar refractivity (Wildman–Crippen MR) is 62.4 cm³/mol. The van der Waals surface area contributed by atoms with Gasteiger partial charge in [-0.05, 0) is 48.7 Å². The normalized spacial score (nSPS) is 16.2. The zero-order valence-electron chi connectivity index (χ0n) is 10.2. The van der Waals surface area contributed by atoms with Crippen molar-refractivity contribution in [2.75, 3.05) is 20.2 Å². The molecule has 100 valence electrons. The highest BCUT2D eigenvalue weighted by atomic mass is 19.4. The Balaban J connectivity index is 2.47. The number of alkyl halides is 3. The Bertz CT molecular complexity index is 429. The number of methoxy groups -OCH3 is 1. The van der Waals surface area contributed by atoms with Crippen LogP contribution in [0.2, 0.25) is 0 Å². The van der Waals surface area contributed by atoms with Crippen LogP contribution in [-0.4, -0.2) is 20.2 Å². The van der Waals surface area contributed by atoms with Gasteiger partial charge in [0, 0.05) is 7.11 Å². The summed E-state index contributed by atoms with van der Waals surface area (Å²) in [6.07, 6.45) is -2.90. The van der Waals surface area contributed by atoms with Crippen LogP contribution < -0.4 is 5.32 Å². The maximum atomic E-state index is 13.0. The third-order valence-corrected chi connectivity index (χ3v) is 3.17. The number of nitrogens with one attached hydrogen (secondary N) is 1. The number of ether oxygens (including phenoxy) is 1. The maximum absolute atomic E-state index is 13.0. The molecule has 0 aliphatic carbocycles. The van der Waals surface area contributed by atoms with E-state index in [2.05, 4.69) is 5.32 Å². The first kappa shape index (κ1) is 13.4. The Hall–Kier alpha value is -1.07. The molecule has 0 bridgehead atoms. The maximum Gasteiger partial charge on any atom is 0.416 e. The molecule has 1 aromatic carbocycles. The van der Waals surface area contributed by atoms with Crippen LogP contribution in [0.25, 0.3) is 0 Å². The lowest BCUT2D eigenvalue weighted by Gasteiger charge is -2.16. The molecule has 0 unspecified atom stereocenters. The van der Waals surface area contributed by atoms with Gasteiger partial charge in [-0.2, -0.15) is 13.2 Å². The standard InChI is InChI=1S/C13H16F3NO/c1-18-8-11-6-9-2-4-17-5-3-10(9)7-12(11)13(14,15)16/h6-7,17H,2-5,8H2,1H3. The first-order valence-electron chi connectivity index (χ1n) is 5.94. The quantitative estimate of drug-likeness (QED) is 0.881. The Kier molecular flexibility index (Phi) is 3.92. The van der Waals surface area contributed by atoms with Crippen LogP contribution in [-0.2, 0) is 30.4 Å². The van der Waals surface area contributed by atoms with Crippen LogP contribution in [0.1, 0.15) is 22.3 Å². The molecule has 2 rings (SSSR count). The van der Waals surface area contributed by atoms with E-state index < -0.39 is 11.7 Å². The molecule has 5 heteroatoms. The second-order valence-electron chi connectivity index (χ2n) is 4.46. The zero-order valence-corrected chi connectivity index (χ0v) is 10.2. The second kappa shape index (κ2) is 5.28. The van der Waals surface area contributed by atoms with E-state index in [0.29, 0.717) is 6.42 Å². The van der Waals surface area contributed by atoms with Crippen molar-refractivity contribution in [3.63, 3.8) is 0 Å². The van der Waals surface area contributed by atoms with Crippen molar-refractivity contribution < 1.29 is 17.9 Å². The van der Waals surface area contributed by atoms with Crippen molar-refractivity contribution in [1.82, 2.24) is 5.32 Å². The van der Waals surface area contributed by atoms with Crippen LogP contribution >= 0.6 is 0 Å². The summed E-state index contributed by atoms with van der Waals surface area (Å²) in [6.45, 7) is 1.54. The van der Waals surface area contributed by atoms with Crippen LogP contribution in [0.4, 0.5) is 13.2 Å². The molecule has 0 atom stereocenters. The van der Waals surface area contributed by atoms with Gasteiger partial charge in [0.1, 0.15) is 0 Å². The lowest BCUT2D eigenvalue weighted by Crippen LogP contribution is -2.16. The molecule has 1 N–H and O–H groups in total. The van der Waals surface area contributed by atoms with Gasteiger partial charge < -0.3 is 10.1 Å². The van der Waals surface area contributed by atoms with Crippen molar-refractivity contribution >= 4 is 0 Å². The molecular weight excluding hydrogens is 243 g/mol. The number of benzene rings is 1. The van der Waals surface area contributed by atoms with E-state index in [1.807, 2.05) is 0 Å². The highest BCUT2D eigenvalue weighted by molar-refractivity contribution is 5.40. The van der Waals surface area contributed by atoms with E-state index >= 15 is 0 Å². The van der Waals surface area contributed by atoms with Crippen molar-refractivity contribution in [2.45, 2.75) is 25.6 Å². The monoisotopic (exact) mass is 259 g/mol. The molecular formula is C13H16F3NO. The number of halogens is 3. The first-order chi connectivity index (χ1) is 8.52. The Morgan fingerprint density at radius 2 is 1.78 bits per heavy atom. The fourth-order valence-corrected chi connectivity index (χ4v) is 2.32. The summed E-state index contributed by atoms with van der Waals surface area (Å²) >= 11 is 0. The number of hydrogen-bond donors (Lipinski definition) is 1. The van der Waals surface area contributed by atoms with Crippen LogP contribution in [0, 0.1) is 0 Å². The number of hydrogen-bond acceptors (Lipinski definition) is 2. The molecule has 18 heavy (non-hydrogen) atoms. The van der Waals surface area contributed by atoms with Crippen molar-refractivity contribution in [2.24, 2.45) is 0 Å². The van der Waals surface area contributed by atoms with E-state index in [0.717, 1.165) is 30.6 Å². The lowest BCUT2D eigenvalue weighted by atomic mass is 9.95. The van der Waals surface area contributed by atoms with Crippen LogP contribution in [0.3, 0.4) is 0 Å². The van der Waals surface area contributed by atoms with Crippen molar-refractivity contribution in [1.29, 1.82) is 0 Å². The number of fused-ring (bicyclic) bond motifs is 1. The van der Waals surface area contributed by atoms with E-state index in [4.69, 9.17) is 4.74 Å². The topological polar surface area (TPSA) is 21.3 Å². The minimum atomic E-state index is -4.32. The molecule has 1 aliphatic heterocycles. The van der Waals surface area contributed by atoms with Gasteiger partial charge in [-0.3, -0.25) is 0 Å². The van der Waals surface area contributed by atoms with Gasteiger partial charge in [-0.1, -0.05) is 6.07 Å². The highest BCUT2D eigenvalue weighted by Gasteiger charge is 2.34. The average Bonchev–Trinajstić information content (AvgIpc) is 2.51. The lowest BCUT2D eigenvalue weighted by molar-refractivity contribution is -0.138. The van der Waals surface area contributed by atoms with Gasteiger partial charge >= 0.3 is 6.18 Å². The van der Waals surface area contributed by atoms with E-state index in [1.54, 1.807) is 6.07 Å². The van der Waals surface area contributed by atoms with Gasteiger partial charge in [-0.15, -0.1) is 0 Å². The molecule has 0 radical (unpaired) electrons. The van der Waals surface area contributed by atoms with Gasteiger partial charge in [0.25, 0.3) is 0 Å². The molecule has 0 aromatic heterocycles. The molecule has 2 nitrogen and oxygen atoms in total. The largest absolute Gasteiger partial charge is 0.416 e. The summed E-state index contributed by atoms with van der Waals surface area (Å²) in [5, 5.41) is 3.19. The van der Waals surface area contributed by atoms with Gasteiger partial charge in [0.2, 0.25) is 0 Å². The van der Waals surface area contributed by atoms with Gasteiger partial charge in [-0.25, -0.2) is 0 Å². The zero-order chi connectivity index (χ0) is 13.2. The smallest absolute Gasteiger partial charge is 0.380 e. The summed E-state index contributed by atoms with van der Waals surface area (Å²) in [5.74, 6) is 0. The summed E-state index contributed by atoms with van der Waals surface area (Å²) < 4.78 is 43.8. The molecule has 0 saturated carbocycles. The molecule has 1 aliphatic rings. The average molecular weight is 259 g/mol. The van der Waals surface area contributed by atoms with Gasteiger partial charge in [0.15, 0.2) is 0 Å². The van der Waals surface area contributed by atoms with Crippen LogP contribution in [0.5, 0.6) is 0 Å². The molecule has 0 saturated heterocycles. The molecule has 0 fully saturated rings. The van der Waals surface area contributed by atoms with Crippen molar-refractivity contribution in [3.05, 3.63) is 34.4 Å². The summed E-state index contributed by atoms with van der Waals surface area (Å²) in [7, 11) is 1.41. The Morgan fingerprint density at radius 3 is 2.33 bits per heavy atom. The third-order valence-electron chi connectivity index (χ3n) is 3.17. The van der Waals surface area contributed by atoms with E-state index in [9.17, 15) is 13.2 Å². The van der Waals surface area contributed by atoms with E-state index in [-0.39, 0.29) is 12.2 Å². The first-order valence-corrected chi connectivity index (χ1v) is 5.94. The summed E-state index contributed by atoms with van der Waals surface area (Å²) in [6, 6.07) is 2.94. The highest BCUT2D eigenvalue weighted by Crippen LogP contribution is 2.34. The second-order valence-corrected chi connectivity index (χ2v) is 4.46.